The molecule has 6 rings (SSSR count). The van der Waals surface area contributed by atoms with Gasteiger partial charge in [-0.3, -0.25) is 14.5 Å². The second kappa shape index (κ2) is 15.6. The first-order valence-corrected chi connectivity index (χ1v) is 25.4. The maximum atomic E-state index is 13.3. The van der Waals surface area contributed by atoms with Crippen molar-refractivity contribution in [2.24, 2.45) is 62.6 Å². The first kappa shape index (κ1) is 43.7. The van der Waals surface area contributed by atoms with E-state index in [9.17, 15) is 23.1 Å². The Labute approximate surface area is 339 Å². The fourth-order valence-electron chi connectivity index (χ4n) is 15.0. The molecular formula is C45H78N2O6S2. The maximum absolute atomic E-state index is 13.3. The predicted octanol–water partition coefficient (Wildman–Crippen LogP) is 8.72. The van der Waals surface area contributed by atoms with Gasteiger partial charge in [0.2, 0.25) is 0 Å². The first-order chi connectivity index (χ1) is 25.5. The number of carbonyl (C=O) groups excluding carboxylic acids is 1. The highest BCUT2D eigenvalue weighted by atomic mass is 32.2. The number of carboxylic acid groups (broad SMARTS) is 1. The third-order valence-corrected chi connectivity index (χ3v) is 20.3. The van der Waals surface area contributed by atoms with Crippen molar-refractivity contribution >= 4 is 33.5 Å². The molecule has 6 fully saturated rings. The summed E-state index contributed by atoms with van der Waals surface area (Å²) in [5.41, 5.74) is 0.0720. The number of thioether (sulfide) groups is 1. The highest BCUT2D eigenvalue weighted by molar-refractivity contribution is 7.98. The van der Waals surface area contributed by atoms with E-state index in [1.165, 1.54) is 51.4 Å². The number of nitrogens with zero attached hydrogens (tertiary/aromatic N) is 1. The van der Waals surface area contributed by atoms with Gasteiger partial charge >= 0.3 is 11.9 Å². The predicted molar refractivity (Wildman–Crippen MR) is 225 cm³/mol. The van der Waals surface area contributed by atoms with Crippen LogP contribution in [0.15, 0.2) is 0 Å². The lowest BCUT2D eigenvalue weighted by molar-refractivity contribution is -0.247. The molecule has 1 saturated heterocycles. The zero-order valence-electron chi connectivity index (χ0n) is 36.3. The molecule has 316 valence electrons. The Morgan fingerprint density at radius 1 is 0.891 bits per heavy atom. The van der Waals surface area contributed by atoms with Gasteiger partial charge in [0.25, 0.3) is 0 Å². The molecule has 55 heavy (non-hydrogen) atoms. The molecule has 11 atom stereocenters. The van der Waals surface area contributed by atoms with Crippen LogP contribution in [0.2, 0.25) is 0 Å². The molecule has 0 aromatic rings. The second-order valence-corrected chi connectivity index (χ2v) is 25.3. The molecule has 5 saturated carbocycles. The lowest BCUT2D eigenvalue weighted by Gasteiger charge is -2.73. The van der Waals surface area contributed by atoms with Gasteiger partial charge in [-0.25, -0.2) is 8.42 Å². The van der Waals surface area contributed by atoms with Gasteiger partial charge < -0.3 is 15.2 Å². The van der Waals surface area contributed by atoms with Crippen LogP contribution >= 0.6 is 11.8 Å². The quantitative estimate of drug-likeness (QED) is 0.177. The molecule has 0 bridgehead atoms. The van der Waals surface area contributed by atoms with Crippen molar-refractivity contribution < 1.29 is 27.9 Å². The summed E-state index contributed by atoms with van der Waals surface area (Å²) in [5.74, 6) is 4.39. The van der Waals surface area contributed by atoms with E-state index in [0.717, 1.165) is 37.5 Å². The van der Waals surface area contributed by atoms with Gasteiger partial charge in [-0.05, 0) is 140 Å². The van der Waals surface area contributed by atoms with E-state index in [-0.39, 0.29) is 52.1 Å². The highest BCUT2D eigenvalue weighted by Gasteiger charge is 2.71. The summed E-state index contributed by atoms with van der Waals surface area (Å²) in [5, 5.41) is 13.8. The molecule has 0 aromatic heterocycles. The fourth-order valence-corrected chi connectivity index (χ4v) is 16.8. The number of carboxylic acids is 1. The summed E-state index contributed by atoms with van der Waals surface area (Å²) in [6.45, 7) is 23.7. The molecule has 8 nitrogen and oxygen atoms in total. The molecular weight excluding hydrogens is 729 g/mol. The van der Waals surface area contributed by atoms with E-state index in [1.54, 1.807) is 0 Å². The van der Waals surface area contributed by atoms with Crippen LogP contribution in [0.1, 0.15) is 146 Å². The second-order valence-electron chi connectivity index (χ2n) is 22.1. The molecule has 5 aliphatic carbocycles. The van der Waals surface area contributed by atoms with Crippen molar-refractivity contribution in [2.45, 2.75) is 163 Å². The number of esters is 1. The lowest BCUT2D eigenvalue weighted by atomic mass is 9.32. The van der Waals surface area contributed by atoms with E-state index < -0.39 is 21.2 Å². The molecule has 0 radical (unpaired) electrons. The number of rotatable bonds is 13. The van der Waals surface area contributed by atoms with E-state index >= 15 is 0 Å². The molecule has 0 aromatic carbocycles. The molecule has 1 heterocycles. The van der Waals surface area contributed by atoms with Crippen LogP contribution in [-0.4, -0.2) is 91.2 Å². The number of fused-ring (bicyclic) bond motifs is 7. The Kier molecular flexibility index (Phi) is 12.4. The molecule has 0 spiro atoms. The summed E-state index contributed by atoms with van der Waals surface area (Å²) >= 11 is 1.90. The van der Waals surface area contributed by atoms with E-state index in [2.05, 4.69) is 64.9 Å². The molecule has 1 unspecified atom stereocenters. The molecule has 1 aliphatic heterocycles. The summed E-state index contributed by atoms with van der Waals surface area (Å²) in [4.78, 5) is 27.2. The van der Waals surface area contributed by atoms with Crippen molar-refractivity contribution in [3.05, 3.63) is 0 Å². The van der Waals surface area contributed by atoms with Crippen molar-refractivity contribution in [3.8, 4) is 0 Å². The lowest BCUT2D eigenvalue weighted by Crippen LogP contribution is -2.69. The van der Waals surface area contributed by atoms with Crippen LogP contribution in [0.3, 0.4) is 0 Å². The van der Waals surface area contributed by atoms with Crippen LogP contribution < -0.4 is 5.32 Å². The Morgan fingerprint density at radius 2 is 1.58 bits per heavy atom. The van der Waals surface area contributed by atoms with Gasteiger partial charge in [-0.2, -0.15) is 11.8 Å². The van der Waals surface area contributed by atoms with Crippen LogP contribution in [0, 0.1) is 62.6 Å². The van der Waals surface area contributed by atoms with E-state index in [0.29, 0.717) is 60.2 Å². The van der Waals surface area contributed by atoms with Crippen molar-refractivity contribution in [3.63, 3.8) is 0 Å². The van der Waals surface area contributed by atoms with Gasteiger partial charge in [-0.15, -0.1) is 0 Å². The minimum Gasteiger partial charge on any atom is -0.481 e. The smallest absolute Gasteiger partial charge is 0.306 e. The number of hydrogen-bond donors (Lipinski definition) is 2. The van der Waals surface area contributed by atoms with Crippen molar-refractivity contribution in [1.29, 1.82) is 0 Å². The molecule has 2 N–H and O–H groups in total. The average molecular weight is 807 g/mol. The van der Waals surface area contributed by atoms with Crippen molar-refractivity contribution in [1.82, 2.24) is 10.2 Å². The monoisotopic (exact) mass is 807 g/mol. The Morgan fingerprint density at radius 3 is 2.22 bits per heavy atom. The summed E-state index contributed by atoms with van der Waals surface area (Å²) in [6.07, 6.45) is 15.2. The third kappa shape index (κ3) is 7.97. The van der Waals surface area contributed by atoms with Gasteiger partial charge in [0, 0.05) is 36.6 Å². The number of hydrogen-bond acceptors (Lipinski definition) is 8. The third-order valence-electron chi connectivity index (χ3n) is 18.0. The van der Waals surface area contributed by atoms with Crippen LogP contribution in [0.25, 0.3) is 0 Å². The highest BCUT2D eigenvalue weighted by Crippen LogP contribution is 2.76. The summed E-state index contributed by atoms with van der Waals surface area (Å²) in [6, 6.07) is 0.377. The summed E-state index contributed by atoms with van der Waals surface area (Å²) < 4.78 is 31.0. The van der Waals surface area contributed by atoms with Crippen molar-refractivity contribution in [2.75, 3.05) is 43.1 Å². The number of ether oxygens (including phenoxy) is 1. The molecule has 6 aliphatic rings. The number of nitrogens with one attached hydrogen (secondary N) is 1. The largest absolute Gasteiger partial charge is 0.481 e. The van der Waals surface area contributed by atoms with Gasteiger partial charge in [-0.1, -0.05) is 62.3 Å². The topological polar surface area (TPSA) is 113 Å². The van der Waals surface area contributed by atoms with E-state index in [1.807, 2.05) is 25.6 Å². The average Bonchev–Trinajstić information content (AvgIpc) is 3.46. The SMILES string of the molecule is CSCCC(CN[C@]12CC[C@@H](C(C)C)[C@@H]1[C@H]1CC[C@@H]3[C@@]4(C)CC[C@H](OC(=O)CC(C)(C)CC(=O)O)C(C)(C)[C@@H]4CC[C@@]3(C)[C@]1(C)CC2)N1CCS(=O)(=O)CC1. The van der Waals surface area contributed by atoms with Gasteiger partial charge in [0.15, 0.2) is 9.84 Å². The van der Waals surface area contributed by atoms with Gasteiger partial charge in [0.1, 0.15) is 6.10 Å². The fraction of sp³-hybridized carbons (Fsp3) is 0.956. The van der Waals surface area contributed by atoms with Crippen LogP contribution in [0.5, 0.6) is 0 Å². The molecule has 0 amide bonds. The van der Waals surface area contributed by atoms with E-state index in [4.69, 9.17) is 4.74 Å². The Hall–Kier alpha value is -0.840. The number of carbonyl (C=O) groups is 2. The molecule has 10 heteroatoms. The van der Waals surface area contributed by atoms with Crippen LogP contribution in [0.4, 0.5) is 0 Å². The minimum absolute atomic E-state index is 0.0432. The minimum atomic E-state index is -2.91. The Bertz CT molecular complexity index is 1520. The normalized spacial score (nSPS) is 41.7. The number of sulfone groups is 1. The first-order valence-electron chi connectivity index (χ1n) is 22.1. The Balaban J connectivity index is 1.21. The zero-order valence-corrected chi connectivity index (χ0v) is 37.9. The zero-order chi connectivity index (χ0) is 40.4. The van der Waals surface area contributed by atoms with Crippen LogP contribution in [-0.2, 0) is 24.2 Å². The maximum Gasteiger partial charge on any atom is 0.306 e. The summed E-state index contributed by atoms with van der Waals surface area (Å²) in [7, 11) is -2.91. The number of aliphatic carboxylic acids is 1. The standard InChI is InChI=1S/C45H78N2O6S2/c1-30(2)32-13-19-45(46-29-31(16-24-54-10)47-22-25-55(51,52)26-23-47)21-20-43(8)33(39(32)45)11-12-35-42(7)17-15-36(41(5,6)34(42)14-18-44(35,43)9)53-38(50)28-40(3,4)27-37(48)49/h30-36,39,46H,11-29H2,1-10H3,(H,48,49)/t31?,32-,33+,34-,35+,36-,39+,42-,43+,44+,45-/m0/s1. The van der Waals surface area contributed by atoms with Gasteiger partial charge in [0.05, 0.1) is 24.3 Å².